The number of halogens is 3. The molecule has 0 aliphatic carbocycles. The first-order chi connectivity index (χ1) is 6.42. The van der Waals surface area contributed by atoms with Crippen LogP contribution < -0.4 is 0 Å². The Morgan fingerprint density at radius 2 is 2.07 bits per heavy atom. The van der Waals surface area contributed by atoms with E-state index in [1.165, 1.54) is 0 Å². The maximum atomic E-state index is 11.5. The zero-order valence-corrected chi connectivity index (χ0v) is 8.16. The minimum absolute atomic E-state index is 0.00608. The maximum absolute atomic E-state index is 11.5. The summed E-state index contributed by atoms with van der Waals surface area (Å²) in [6.45, 7) is -1.23. The average Bonchev–Trinajstić information content (AvgIpc) is 2.00. The topological polar surface area (TPSA) is 46.5 Å². The van der Waals surface area contributed by atoms with E-state index in [4.69, 9.17) is 5.11 Å². The fraction of sp³-hybridized carbons (Fsp3) is 0.857. The molecule has 0 aromatic heterocycles. The van der Waals surface area contributed by atoms with Gasteiger partial charge < -0.3 is 9.84 Å². The summed E-state index contributed by atoms with van der Waals surface area (Å²) >= 11 is 1.16. The molecule has 0 unspecified atom stereocenters. The number of alkyl halides is 3. The van der Waals surface area contributed by atoms with Gasteiger partial charge in [0.1, 0.15) is 6.61 Å². The molecule has 1 N–H and O–H groups in total. The van der Waals surface area contributed by atoms with E-state index in [-0.39, 0.29) is 12.4 Å². The lowest BCUT2D eigenvalue weighted by molar-refractivity contribution is -0.173. The first-order valence-corrected chi connectivity index (χ1v) is 5.01. The highest BCUT2D eigenvalue weighted by Crippen LogP contribution is 2.14. The van der Waals surface area contributed by atoms with Gasteiger partial charge in [-0.3, -0.25) is 4.79 Å². The van der Waals surface area contributed by atoms with Gasteiger partial charge in [-0.2, -0.15) is 24.9 Å². The van der Waals surface area contributed by atoms with Gasteiger partial charge in [-0.05, 0) is 12.2 Å². The SMILES string of the molecule is O=C(O)CSCCCOCC(F)(F)F. The lowest BCUT2D eigenvalue weighted by Crippen LogP contribution is -2.17. The number of carbonyl (C=O) groups is 1. The fourth-order valence-electron chi connectivity index (χ4n) is 0.610. The minimum atomic E-state index is -4.28. The van der Waals surface area contributed by atoms with E-state index in [2.05, 4.69) is 4.74 Å². The van der Waals surface area contributed by atoms with Crippen LogP contribution in [0, 0.1) is 0 Å². The van der Waals surface area contributed by atoms with Gasteiger partial charge in [-0.1, -0.05) is 0 Å². The van der Waals surface area contributed by atoms with E-state index >= 15 is 0 Å². The third-order valence-corrected chi connectivity index (χ3v) is 2.10. The normalized spacial score (nSPS) is 11.6. The summed E-state index contributed by atoms with van der Waals surface area (Å²) in [5.41, 5.74) is 0. The molecule has 0 aromatic carbocycles. The van der Waals surface area contributed by atoms with E-state index in [9.17, 15) is 18.0 Å². The third-order valence-electron chi connectivity index (χ3n) is 1.07. The van der Waals surface area contributed by atoms with E-state index in [1.54, 1.807) is 0 Å². The summed E-state index contributed by atoms with van der Waals surface area (Å²) in [6, 6.07) is 0. The van der Waals surface area contributed by atoms with Crippen molar-refractivity contribution in [2.45, 2.75) is 12.6 Å². The van der Waals surface area contributed by atoms with Crippen molar-refractivity contribution >= 4 is 17.7 Å². The Labute approximate surface area is 83.6 Å². The summed E-state index contributed by atoms with van der Waals surface area (Å²) in [6.07, 6.45) is -3.86. The first kappa shape index (κ1) is 13.6. The van der Waals surface area contributed by atoms with Crippen LogP contribution in [0.3, 0.4) is 0 Å². The van der Waals surface area contributed by atoms with Crippen LogP contribution in [0.25, 0.3) is 0 Å². The molecule has 0 aliphatic rings. The van der Waals surface area contributed by atoms with Gasteiger partial charge >= 0.3 is 12.1 Å². The number of thioether (sulfide) groups is 1. The lowest BCUT2D eigenvalue weighted by Gasteiger charge is -2.06. The van der Waals surface area contributed by atoms with Gasteiger partial charge in [0.25, 0.3) is 0 Å². The lowest BCUT2D eigenvalue weighted by atomic mass is 10.5. The molecule has 0 saturated heterocycles. The zero-order valence-electron chi connectivity index (χ0n) is 7.34. The van der Waals surface area contributed by atoms with Crippen molar-refractivity contribution in [1.82, 2.24) is 0 Å². The predicted molar refractivity (Wildman–Crippen MR) is 46.5 cm³/mol. The van der Waals surface area contributed by atoms with Crippen LogP contribution in [0.5, 0.6) is 0 Å². The maximum Gasteiger partial charge on any atom is 0.411 e. The molecule has 0 bridgehead atoms. The number of rotatable bonds is 7. The average molecular weight is 232 g/mol. The molecule has 0 atom stereocenters. The summed E-state index contributed by atoms with van der Waals surface area (Å²) < 4.78 is 38.9. The van der Waals surface area contributed by atoms with Crippen molar-refractivity contribution in [2.75, 3.05) is 24.7 Å². The van der Waals surface area contributed by atoms with Gasteiger partial charge in [0, 0.05) is 6.61 Å². The molecule has 0 rings (SSSR count). The van der Waals surface area contributed by atoms with Crippen LogP contribution in [-0.4, -0.2) is 42.0 Å². The predicted octanol–water partition coefficient (Wildman–Crippen LogP) is 1.77. The molecule has 0 radical (unpaired) electrons. The number of carboxylic acid groups (broad SMARTS) is 1. The largest absolute Gasteiger partial charge is 0.481 e. The van der Waals surface area contributed by atoms with E-state index in [0.29, 0.717) is 12.2 Å². The molecule has 0 heterocycles. The molecule has 0 amide bonds. The first-order valence-electron chi connectivity index (χ1n) is 3.86. The van der Waals surface area contributed by atoms with Crippen LogP contribution in [0.4, 0.5) is 13.2 Å². The number of hydrogen-bond acceptors (Lipinski definition) is 3. The molecule has 7 heteroatoms. The van der Waals surface area contributed by atoms with E-state index < -0.39 is 18.8 Å². The molecule has 3 nitrogen and oxygen atoms in total. The molecular weight excluding hydrogens is 221 g/mol. The van der Waals surface area contributed by atoms with Crippen LogP contribution in [0.2, 0.25) is 0 Å². The van der Waals surface area contributed by atoms with Crippen molar-refractivity contribution in [1.29, 1.82) is 0 Å². The van der Waals surface area contributed by atoms with Gasteiger partial charge in [0.05, 0.1) is 5.75 Å². The molecule has 0 aromatic rings. The van der Waals surface area contributed by atoms with Crippen molar-refractivity contribution in [3.63, 3.8) is 0 Å². The summed E-state index contributed by atoms with van der Waals surface area (Å²) in [5, 5.41) is 8.22. The third kappa shape index (κ3) is 11.6. The molecular formula is C7H11F3O3S. The summed E-state index contributed by atoms with van der Waals surface area (Å²) in [5.74, 6) is -0.463. The fourth-order valence-corrected chi connectivity index (χ4v) is 1.25. The van der Waals surface area contributed by atoms with Gasteiger partial charge in [-0.15, -0.1) is 0 Å². The van der Waals surface area contributed by atoms with Gasteiger partial charge in [0.2, 0.25) is 0 Å². The van der Waals surface area contributed by atoms with Crippen LogP contribution in [-0.2, 0) is 9.53 Å². The number of aliphatic carboxylic acids is 1. The Morgan fingerprint density at radius 1 is 1.43 bits per heavy atom. The van der Waals surface area contributed by atoms with Crippen molar-refractivity contribution < 1.29 is 27.8 Å². The highest BCUT2D eigenvalue weighted by molar-refractivity contribution is 7.99. The highest BCUT2D eigenvalue weighted by atomic mass is 32.2. The Hall–Kier alpha value is -0.430. The van der Waals surface area contributed by atoms with Crippen LogP contribution in [0.15, 0.2) is 0 Å². The Balaban J connectivity index is 3.11. The molecule has 0 aliphatic heterocycles. The zero-order chi connectivity index (χ0) is 11.0. The van der Waals surface area contributed by atoms with Crippen molar-refractivity contribution in [3.8, 4) is 0 Å². The molecule has 14 heavy (non-hydrogen) atoms. The van der Waals surface area contributed by atoms with Crippen LogP contribution in [0.1, 0.15) is 6.42 Å². The summed E-state index contributed by atoms with van der Waals surface area (Å²) in [4.78, 5) is 10.0. The quantitative estimate of drug-likeness (QED) is 0.679. The number of hydrogen-bond donors (Lipinski definition) is 1. The van der Waals surface area contributed by atoms with E-state index in [0.717, 1.165) is 11.8 Å². The van der Waals surface area contributed by atoms with Crippen LogP contribution >= 0.6 is 11.8 Å². The van der Waals surface area contributed by atoms with Crippen molar-refractivity contribution in [3.05, 3.63) is 0 Å². The van der Waals surface area contributed by atoms with Crippen molar-refractivity contribution in [2.24, 2.45) is 0 Å². The Bertz CT molecular complexity index is 172. The minimum Gasteiger partial charge on any atom is -0.481 e. The molecule has 0 saturated carbocycles. The molecule has 84 valence electrons. The number of ether oxygens (including phenoxy) is 1. The second-order valence-corrected chi connectivity index (χ2v) is 3.57. The smallest absolute Gasteiger partial charge is 0.411 e. The standard InChI is InChI=1S/C7H11F3O3S/c8-7(9,10)5-13-2-1-3-14-4-6(11)12/h1-5H2,(H,11,12). The van der Waals surface area contributed by atoms with E-state index in [1.807, 2.05) is 0 Å². The van der Waals surface area contributed by atoms with Gasteiger partial charge in [0.15, 0.2) is 0 Å². The second-order valence-electron chi connectivity index (χ2n) is 2.47. The second kappa shape index (κ2) is 6.94. The highest BCUT2D eigenvalue weighted by Gasteiger charge is 2.27. The Kier molecular flexibility index (Phi) is 6.73. The monoisotopic (exact) mass is 232 g/mol. The van der Waals surface area contributed by atoms with Gasteiger partial charge in [-0.25, -0.2) is 0 Å². The summed E-state index contributed by atoms with van der Waals surface area (Å²) in [7, 11) is 0. The molecule has 0 fully saturated rings. The Morgan fingerprint density at radius 3 is 2.57 bits per heavy atom. The molecule has 0 spiro atoms. The number of carboxylic acids is 1.